The number of nitrogens with zero attached hydrogens (tertiary/aromatic N) is 4. The minimum absolute atomic E-state index is 0.242. The third-order valence-electron chi connectivity index (χ3n) is 2.23. The van der Waals surface area contributed by atoms with Gasteiger partial charge in [-0.1, -0.05) is 25.4 Å². The molecule has 6 heteroatoms. The van der Waals surface area contributed by atoms with Crippen molar-refractivity contribution in [2.24, 2.45) is 0 Å². The monoisotopic (exact) mass is 237 g/mol. The molecule has 0 fully saturated rings. The van der Waals surface area contributed by atoms with Crippen molar-refractivity contribution in [1.29, 1.82) is 0 Å². The maximum absolute atomic E-state index is 5.82. The number of hydrogen-bond donors (Lipinski definition) is 1. The predicted molar refractivity (Wildman–Crippen MR) is 62.7 cm³/mol. The van der Waals surface area contributed by atoms with Crippen molar-refractivity contribution >= 4 is 17.3 Å². The van der Waals surface area contributed by atoms with E-state index in [1.54, 1.807) is 4.68 Å². The lowest BCUT2D eigenvalue weighted by atomic mass is 10.1. The highest BCUT2D eigenvalue weighted by molar-refractivity contribution is 6.32. The first kappa shape index (κ1) is 10.9. The minimum atomic E-state index is 0.242. The molecule has 0 aliphatic heterocycles. The van der Waals surface area contributed by atoms with E-state index in [0.29, 0.717) is 17.4 Å². The lowest BCUT2D eigenvalue weighted by molar-refractivity contribution is 0.757. The highest BCUT2D eigenvalue weighted by atomic mass is 35.5. The number of aromatic nitrogens is 4. The fourth-order valence-electron chi connectivity index (χ4n) is 1.31. The maximum Gasteiger partial charge on any atom is 0.181 e. The Morgan fingerprint density at radius 2 is 2.12 bits per heavy atom. The highest BCUT2D eigenvalue weighted by Gasteiger charge is 2.10. The summed E-state index contributed by atoms with van der Waals surface area (Å²) in [6, 6.07) is 1.93. The normalized spacial score (nSPS) is 11.0. The van der Waals surface area contributed by atoms with E-state index in [9.17, 15) is 0 Å². The number of nitrogen functional groups attached to an aromatic ring is 1. The lowest BCUT2D eigenvalue weighted by Gasteiger charge is -2.05. The number of anilines is 1. The van der Waals surface area contributed by atoms with Gasteiger partial charge in [0.15, 0.2) is 11.0 Å². The van der Waals surface area contributed by atoms with Gasteiger partial charge in [0.05, 0.1) is 5.69 Å². The summed E-state index contributed by atoms with van der Waals surface area (Å²) in [6.07, 6.45) is 3.18. The average molecular weight is 238 g/mol. The molecule has 2 aromatic heterocycles. The number of rotatable bonds is 2. The van der Waals surface area contributed by atoms with Crippen molar-refractivity contribution in [2.45, 2.75) is 19.8 Å². The molecule has 0 spiro atoms. The van der Waals surface area contributed by atoms with E-state index >= 15 is 0 Å². The Bertz CT molecular complexity index is 506. The zero-order valence-corrected chi connectivity index (χ0v) is 9.81. The smallest absolute Gasteiger partial charge is 0.181 e. The van der Waals surface area contributed by atoms with Crippen LogP contribution in [-0.2, 0) is 0 Å². The van der Waals surface area contributed by atoms with Crippen LogP contribution in [-0.4, -0.2) is 19.7 Å². The quantitative estimate of drug-likeness (QED) is 0.812. The van der Waals surface area contributed by atoms with Gasteiger partial charge in [-0.3, -0.25) is 0 Å². The Hall–Kier alpha value is -1.62. The van der Waals surface area contributed by atoms with Crippen molar-refractivity contribution in [3.8, 4) is 5.82 Å². The first-order valence-electron chi connectivity index (χ1n) is 4.91. The van der Waals surface area contributed by atoms with Gasteiger partial charge in [0.2, 0.25) is 0 Å². The third kappa shape index (κ3) is 1.86. The van der Waals surface area contributed by atoms with E-state index in [1.165, 1.54) is 6.33 Å². The Kier molecular flexibility index (Phi) is 2.78. The van der Waals surface area contributed by atoms with E-state index in [4.69, 9.17) is 17.3 Å². The molecule has 2 rings (SSSR count). The van der Waals surface area contributed by atoms with E-state index in [1.807, 2.05) is 12.3 Å². The Morgan fingerprint density at radius 1 is 1.38 bits per heavy atom. The van der Waals surface area contributed by atoms with Crippen LogP contribution < -0.4 is 5.73 Å². The second kappa shape index (κ2) is 4.09. The van der Waals surface area contributed by atoms with E-state index in [0.717, 1.165) is 5.69 Å². The third-order valence-corrected chi connectivity index (χ3v) is 2.53. The second-order valence-electron chi connectivity index (χ2n) is 3.74. The molecule has 0 unspecified atom stereocenters. The fraction of sp³-hybridized carbons (Fsp3) is 0.300. The SMILES string of the molecule is CC(C)c1ccn(-c2ncnc(Cl)c2N)n1. The molecule has 16 heavy (non-hydrogen) atoms. The van der Waals surface area contributed by atoms with E-state index in [2.05, 4.69) is 28.9 Å². The summed E-state index contributed by atoms with van der Waals surface area (Å²) in [6.45, 7) is 4.14. The van der Waals surface area contributed by atoms with Crippen molar-refractivity contribution in [3.63, 3.8) is 0 Å². The van der Waals surface area contributed by atoms with Gasteiger partial charge in [-0.25, -0.2) is 14.6 Å². The van der Waals surface area contributed by atoms with Gasteiger partial charge in [0.1, 0.15) is 12.0 Å². The molecule has 2 heterocycles. The highest BCUT2D eigenvalue weighted by Crippen LogP contribution is 2.21. The standard InChI is InChI=1S/C10H12ClN5/c1-6(2)7-3-4-16(15-7)10-8(12)9(11)13-5-14-10/h3-6H,12H2,1-2H3. The number of hydrogen-bond acceptors (Lipinski definition) is 4. The molecule has 2 aromatic rings. The molecule has 0 aliphatic rings. The molecule has 0 saturated heterocycles. The van der Waals surface area contributed by atoms with Crippen LogP contribution in [0.25, 0.3) is 5.82 Å². The van der Waals surface area contributed by atoms with Crippen molar-refractivity contribution in [3.05, 3.63) is 29.4 Å². The van der Waals surface area contributed by atoms with Crippen LogP contribution in [0, 0.1) is 0 Å². The molecular formula is C10H12ClN5. The Balaban J connectivity index is 2.47. The number of nitrogens with two attached hydrogens (primary N) is 1. The van der Waals surface area contributed by atoms with Crippen LogP contribution in [0.3, 0.4) is 0 Å². The largest absolute Gasteiger partial charge is 0.393 e. The summed E-state index contributed by atoms with van der Waals surface area (Å²) < 4.78 is 1.61. The van der Waals surface area contributed by atoms with Crippen LogP contribution in [0.15, 0.2) is 18.6 Å². The first-order valence-corrected chi connectivity index (χ1v) is 5.29. The molecule has 5 nitrogen and oxygen atoms in total. The lowest BCUT2D eigenvalue weighted by Crippen LogP contribution is -2.05. The zero-order valence-electron chi connectivity index (χ0n) is 9.05. The topological polar surface area (TPSA) is 69.6 Å². The molecule has 0 saturated carbocycles. The van der Waals surface area contributed by atoms with Crippen LogP contribution >= 0.6 is 11.6 Å². The van der Waals surface area contributed by atoms with Crippen molar-refractivity contribution in [2.75, 3.05) is 5.73 Å². The van der Waals surface area contributed by atoms with Crippen molar-refractivity contribution in [1.82, 2.24) is 19.7 Å². The molecule has 2 N–H and O–H groups in total. The van der Waals surface area contributed by atoms with Crippen LogP contribution in [0.1, 0.15) is 25.5 Å². The van der Waals surface area contributed by atoms with Gasteiger partial charge in [-0.05, 0) is 12.0 Å². The molecule has 84 valence electrons. The van der Waals surface area contributed by atoms with Crippen LogP contribution in [0.4, 0.5) is 5.69 Å². The van der Waals surface area contributed by atoms with Gasteiger partial charge in [-0.15, -0.1) is 0 Å². The molecule has 0 amide bonds. The minimum Gasteiger partial charge on any atom is -0.393 e. The summed E-state index contributed by atoms with van der Waals surface area (Å²) in [5, 5.41) is 4.61. The summed E-state index contributed by atoms with van der Waals surface area (Å²) in [7, 11) is 0. The van der Waals surface area contributed by atoms with E-state index in [-0.39, 0.29) is 5.15 Å². The van der Waals surface area contributed by atoms with Gasteiger partial charge in [0.25, 0.3) is 0 Å². The average Bonchev–Trinajstić information content (AvgIpc) is 2.71. The molecule has 0 radical (unpaired) electrons. The van der Waals surface area contributed by atoms with Gasteiger partial charge in [-0.2, -0.15) is 5.10 Å². The summed E-state index contributed by atoms with van der Waals surface area (Å²) in [4.78, 5) is 7.86. The molecule has 0 aliphatic carbocycles. The number of halogens is 1. The summed E-state index contributed by atoms with van der Waals surface area (Å²) in [5.41, 5.74) is 7.10. The molecule has 0 bridgehead atoms. The van der Waals surface area contributed by atoms with Crippen molar-refractivity contribution < 1.29 is 0 Å². The second-order valence-corrected chi connectivity index (χ2v) is 4.10. The fourth-order valence-corrected chi connectivity index (χ4v) is 1.44. The van der Waals surface area contributed by atoms with Gasteiger partial charge < -0.3 is 5.73 Å². The Morgan fingerprint density at radius 3 is 2.75 bits per heavy atom. The van der Waals surface area contributed by atoms with Gasteiger partial charge >= 0.3 is 0 Å². The van der Waals surface area contributed by atoms with Crippen LogP contribution in [0.2, 0.25) is 5.15 Å². The van der Waals surface area contributed by atoms with Gasteiger partial charge in [0, 0.05) is 6.20 Å². The van der Waals surface area contributed by atoms with Crippen LogP contribution in [0.5, 0.6) is 0 Å². The maximum atomic E-state index is 5.82. The molecule has 0 atom stereocenters. The molecule has 0 aromatic carbocycles. The predicted octanol–water partition coefficient (Wildman–Crippen LogP) is 2.02. The summed E-state index contributed by atoms with van der Waals surface area (Å²) >= 11 is 5.82. The van der Waals surface area contributed by atoms with E-state index < -0.39 is 0 Å². The summed E-state index contributed by atoms with van der Waals surface area (Å²) in [5.74, 6) is 0.867. The Labute approximate surface area is 98.3 Å². The molecular weight excluding hydrogens is 226 g/mol. The first-order chi connectivity index (χ1) is 7.59. The zero-order chi connectivity index (χ0) is 11.7.